The van der Waals surface area contributed by atoms with Gasteiger partial charge in [-0.05, 0) is 18.2 Å². The number of nitrogens with zero attached hydrogens (tertiary/aromatic N) is 4. The summed E-state index contributed by atoms with van der Waals surface area (Å²) in [6, 6.07) is 9.36. The number of aromatic nitrogens is 3. The minimum absolute atomic E-state index is 0.324. The number of carbonyl (C=O) groups is 1. The van der Waals surface area contributed by atoms with Crippen LogP contribution in [0, 0.1) is 0 Å². The molecule has 0 spiro atoms. The van der Waals surface area contributed by atoms with Crippen molar-refractivity contribution in [2.75, 3.05) is 12.0 Å². The van der Waals surface area contributed by atoms with E-state index in [1.165, 1.54) is 7.11 Å². The number of rotatable bonds is 2. The van der Waals surface area contributed by atoms with Crippen molar-refractivity contribution in [1.29, 1.82) is 0 Å². The Bertz CT molecular complexity index is 871. The predicted molar refractivity (Wildman–Crippen MR) is 80.7 cm³/mol. The Labute approximate surface area is 127 Å². The van der Waals surface area contributed by atoms with Gasteiger partial charge in [0, 0.05) is 30.1 Å². The van der Waals surface area contributed by atoms with Gasteiger partial charge in [-0.25, -0.2) is 14.3 Å². The topological polar surface area (TPSA) is 59.7 Å². The van der Waals surface area contributed by atoms with Crippen LogP contribution in [0.25, 0.3) is 5.65 Å². The van der Waals surface area contributed by atoms with E-state index in [2.05, 4.69) is 15.0 Å². The molecule has 0 fully saturated rings. The first-order valence-electron chi connectivity index (χ1n) is 7.00. The number of hydrogen-bond donors (Lipinski definition) is 0. The molecule has 22 heavy (non-hydrogen) atoms. The number of benzene rings is 1. The monoisotopic (exact) mass is 294 g/mol. The third-order valence-corrected chi connectivity index (χ3v) is 3.94. The molecule has 0 saturated heterocycles. The SMILES string of the molecule is COC(=O)c1cccc(N2Cc3cnc4ccnn4c3C2)c1. The molecule has 3 heterocycles. The largest absolute Gasteiger partial charge is 0.465 e. The maximum atomic E-state index is 11.7. The van der Waals surface area contributed by atoms with E-state index < -0.39 is 0 Å². The highest BCUT2D eigenvalue weighted by Gasteiger charge is 2.23. The average Bonchev–Trinajstić information content (AvgIpc) is 3.19. The zero-order chi connectivity index (χ0) is 15.1. The normalized spacial score (nSPS) is 13.4. The van der Waals surface area contributed by atoms with Crippen molar-refractivity contribution in [3.63, 3.8) is 0 Å². The molecule has 4 rings (SSSR count). The predicted octanol–water partition coefficient (Wildman–Crippen LogP) is 2.04. The van der Waals surface area contributed by atoms with Crippen LogP contribution in [0.4, 0.5) is 5.69 Å². The van der Waals surface area contributed by atoms with Crippen LogP contribution >= 0.6 is 0 Å². The Kier molecular flexibility index (Phi) is 2.82. The molecule has 0 amide bonds. The van der Waals surface area contributed by atoms with E-state index in [1.807, 2.05) is 35.0 Å². The summed E-state index contributed by atoms with van der Waals surface area (Å²) in [7, 11) is 1.39. The lowest BCUT2D eigenvalue weighted by Crippen LogP contribution is -2.15. The zero-order valence-electron chi connectivity index (χ0n) is 12.1. The summed E-state index contributed by atoms with van der Waals surface area (Å²) in [6.45, 7) is 1.49. The number of esters is 1. The van der Waals surface area contributed by atoms with Gasteiger partial charge in [0.1, 0.15) is 0 Å². The van der Waals surface area contributed by atoms with E-state index in [1.54, 1.807) is 12.3 Å². The molecule has 110 valence electrons. The Morgan fingerprint density at radius 3 is 3.05 bits per heavy atom. The van der Waals surface area contributed by atoms with Crippen molar-refractivity contribution >= 4 is 17.3 Å². The van der Waals surface area contributed by atoms with Gasteiger partial charge in [-0.2, -0.15) is 5.10 Å². The minimum atomic E-state index is -0.324. The highest BCUT2D eigenvalue weighted by Crippen LogP contribution is 2.28. The summed E-state index contributed by atoms with van der Waals surface area (Å²) >= 11 is 0. The minimum Gasteiger partial charge on any atom is -0.465 e. The molecular weight excluding hydrogens is 280 g/mol. The van der Waals surface area contributed by atoms with Crippen LogP contribution in [-0.4, -0.2) is 27.7 Å². The van der Waals surface area contributed by atoms with Crippen LogP contribution in [0.15, 0.2) is 42.7 Å². The number of fused-ring (bicyclic) bond motifs is 3. The third-order valence-electron chi connectivity index (χ3n) is 3.94. The lowest BCUT2D eigenvalue weighted by Gasteiger charge is -2.18. The van der Waals surface area contributed by atoms with E-state index in [-0.39, 0.29) is 5.97 Å². The van der Waals surface area contributed by atoms with Crippen molar-refractivity contribution in [3.05, 3.63) is 59.5 Å². The third kappa shape index (κ3) is 1.92. The van der Waals surface area contributed by atoms with E-state index in [0.29, 0.717) is 5.56 Å². The number of anilines is 1. The van der Waals surface area contributed by atoms with Gasteiger partial charge in [0.2, 0.25) is 0 Å². The zero-order valence-corrected chi connectivity index (χ0v) is 12.1. The highest BCUT2D eigenvalue weighted by molar-refractivity contribution is 5.90. The standard InChI is InChI=1S/C16H14N4O2/c1-22-16(21)11-3-2-4-13(7-11)19-9-12-8-17-15-5-6-18-20(15)14(12)10-19/h2-8H,9-10H2,1H3. The fourth-order valence-corrected chi connectivity index (χ4v) is 2.83. The summed E-state index contributed by atoms with van der Waals surface area (Å²) < 4.78 is 6.66. The second-order valence-corrected chi connectivity index (χ2v) is 5.23. The number of hydrogen-bond acceptors (Lipinski definition) is 5. The lowest BCUT2D eigenvalue weighted by atomic mass is 10.2. The Balaban J connectivity index is 1.70. The fraction of sp³-hybridized carbons (Fsp3) is 0.188. The first-order chi connectivity index (χ1) is 10.8. The van der Waals surface area contributed by atoms with E-state index in [0.717, 1.165) is 35.7 Å². The van der Waals surface area contributed by atoms with Gasteiger partial charge in [-0.1, -0.05) is 6.07 Å². The number of ether oxygens (including phenoxy) is 1. The van der Waals surface area contributed by atoms with Crippen molar-refractivity contribution < 1.29 is 9.53 Å². The Morgan fingerprint density at radius 2 is 2.18 bits per heavy atom. The first-order valence-corrected chi connectivity index (χ1v) is 7.00. The number of methoxy groups -OCH3 is 1. The van der Waals surface area contributed by atoms with Crippen molar-refractivity contribution in [1.82, 2.24) is 14.6 Å². The quantitative estimate of drug-likeness (QED) is 0.677. The molecule has 0 aliphatic carbocycles. The molecule has 0 atom stereocenters. The molecule has 3 aromatic rings. The highest BCUT2D eigenvalue weighted by atomic mass is 16.5. The van der Waals surface area contributed by atoms with E-state index >= 15 is 0 Å². The molecule has 0 saturated carbocycles. The van der Waals surface area contributed by atoms with Crippen molar-refractivity contribution in [2.45, 2.75) is 13.1 Å². The first kappa shape index (κ1) is 12.8. The van der Waals surface area contributed by atoms with Gasteiger partial charge in [0.05, 0.1) is 31.1 Å². The lowest BCUT2D eigenvalue weighted by molar-refractivity contribution is 0.0601. The van der Waals surface area contributed by atoms with Crippen molar-refractivity contribution in [2.24, 2.45) is 0 Å². The summed E-state index contributed by atoms with van der Waals surface area (Å²) in [5.41, 5.74) is 4.68. The van der Waals surface area contributed by atoms with Crippen LogP contribution < -0.4 is 4.90 Å². The van der Waals surface area contributed by atoms with Gasteiger partial charge in [-0.15, -0.1) is 0 Å². The summed E-state index contributed by atoms with van der Waals surface area (Å²) in [4.78, 5) is 18.3. The Morgan fingerprint density at radius 1 is 1.27 bits per heavy atom. The molecule has 1 aliphatic rings. The van der Waals surface area contributed by atoms with Gasteiger partial charge in [0.25, 0.3) is 0 Å². The second-order valence-electron chi connectivity index (χ2n) is 5.23. The summed E-state index contributed by atoms with van der Waals surface area (Å²) in [5, 5.41) is 4.33. The summed E-state index contributed by atoms with van der Waals surface area (Å²) in [6.07, 6.45) is 3.65. The van der Waals surface area contributed by atoms with Crippen LogP contribution in [0.5, 0.6) is 0 Å². The molecule has 2 aromatic heterocycles. The molecule has 0 radical (unpaired) electrons. The van der Waals surface area contributed by atoms with Gasteiger partial charge < -0.3 is 9.64 Å². The van der Waals surface area contributed by atoms with E-state index in [4.69, 9.17) is 4.74 Å². The van der Waals surface area contributed by atoms with Crippen LogP contribution in [0.3, 0.4) is 0 Å². The smallest absolute Gasteiger partial charge is 0.337 e. The van der Waals surface area contributed by atoms with Crippen molar-refractivity contribution in [3.8, 4) is 0 Å². The summed E-state index contributed by atoms with van der Waals surface area (Å²) in [5.74, 6) is -0.324. The molecule has 6 nitrogen and oxygen atoms in total. The maximum absolute atomic E-state index is 11.7. The number of carbonyl (C=O) groups excluding carboxylic acids is 1. The van der Waals surface area contributed by atoms with Crippen LogP contribution in [-0.2, 0) is 17.8 Å². The molecule has 0 bridgehead atoms. The molecule has 1 aromatic carbocycles. The van der Waals surface area contributed by atoms with Crippen LogP contribution in [0.2, 0.25) is 0 Å². The van der Waals surface area contributed by atoms with E-state index in [9.17, 15) is 4.79 Å². The molecule has 6 heteroatoms. The maximum Gasteiger partial charge on any atom is 0.337 e. The molecule has 0 unspecified atom stereocenters. The molecule has 1 aliphatic heterocycles. The average molecular weight is 294 g/mol. The molecular formula is C16H14N4O2. The second kappa shape index (κ2) is 4.84. The van der Waals surface area contributed by atoms with Gasteiger partial charge in [-0.3, -0.25) is 0 Å². The van der Waals surface area contributed by atoms with Gasteiger partial charge >= 0.3 is 5.97 Å². The molecule has 0 N–H and O–H groups in total. The van der Waals surface area contributed by atoms with Crippen LogP contribution in [0.1, 0.15) is 21.6 Å². The van der Waals surface area contributed by atoms with Gasteiger partial charge in [0.15, 0.2) is 5.65 Å². The fourth-order valence-electron chi connectivity index (χ4n) is 2.83. The Hall–Kier alpha value is -2.89.